The maximum Gasteiger partial charge on any atom is 0.191 e. The molecule has 0 aliphatic heterocycles. The highest BCUT2D eigenvalue weighted by Crippen LogP contribution is 2.26. The van der Waals surface area contributed by atoms with Gasteiger partial charge >= 0.3 is 0 Å². The van der Waals surface area contributed by atoms with Gasteiger partial charge in [-0.1, -0.05) is 18.2 Å². The molecule has 7 heteroatoms. The van der Waals surface area contributed by atoms with Gasteiger partial charge < -0.3 is 20.1 Å². The van der Waals surface area contributed by atoms with Crippen LogP contribution in [0.15, 0.2) is 47.5 Å². The van der Waals surface area contributed by atoms with E-state index in [1.54, 1.807) is 26.3 Å². The number of para-hydroxylation sites is 2. The van der Waals surface area contributed by atoms with Crippen LogP contribution >= 0.6 is 0 Å². The third kappa shape index (κ3) is 5.89. The quantitative estimate of drug-likeness (QED) is 0.579. The molecule has 0 aliphatic carbocycles. The topological polar surface area (TPSA) is 78.7 Å². The van der Waals surface area contributed by atoms with E-state index in [2.05, 4.69) is 15.6 Å². The van der Waals surface area contributed by atoms with E-state index in [1.165, 1.54) is 6.07 Å². The van der Waals surface area contributed by atoms with E-state index in [1.807, 2.05) is 37.3 Å². The summed E-state index contributed by atoms with van der Waals surface area (Å²) in [4.78, 5) is 4.12. The lowest BCUT2D eigenvalue weighted by Gasteiger charge is -2.19. The van der Waals surface area contributed by atoms with Crippen molar-refractivity contribution < 1.29 is 13.9 Å². The van der Waals surface area contributed by atoms with Gasteiger partial charge in [-0.3, -0.25) is 4.99 Å². The molecule has 1 atom stereocenters. The van der Waals surface area contributed by atoms with Crippen molar-refractivity contribution in [2.75, 3.05) is 20.7 Å². The molecule has 27 heavy (non-hydrogen) atoms. The van der Waals surface area contributed by atoms with Gasteiger partial charge in [0, 0.05) is 19.2 Å². The van der Waals surface area contributed by atoms with Crippen LogP contribution in [-0.2, 0) is 6.54 Å². The summed E-state index contributed by atoms with van der Waals surface area (Å²) >= 11 is 0. The van der Waals surface area contributed by atoms with Crippen molar-refractivity contribution in [1.29, 1.82) is 5.26 Å². The number of halogens is 1. The first-order valence-electron chi connectivity index (χ1n) is 8.50. The molecule has 0 saturated heterocycles. The Hall–Kier alpha value is -3.27. The number of nitriles is 1. The van der Waals surface area contributed by atoms with Crippen LogP contribution in [0.1, 0.15) is 18.1 Å². The first-order valence-corrected chi connectivity index (χ1v) is 8.50. The normalized spacial score (nSPS) is 12.0. The Balaban J connectivity index is 1.85. The highest BCUT2D eigenvalue weighted by Gasteiger charge is 2.10. The molecule has 0 bridgehead atoms. The minimum absolute atomic E-state index is 0.147. The van der Waals surface area contributed by atoms with Crippen LogP contribution in [0.5, 0.6) is 11.5 Å². The van der Waals surface area contributed by atoms with E-state index >= 15 is 0 Å². The second kappa shape index (κ2) is 10.0. The second-order valence-corrected chi connectivity index (χ2v) is 5.80. The Morgan fingerprint density at radius 2 is 1.96 bits per heavy atom. The number of rotatable bonds is 7. The summed E-state index contributed by atoms with van der Waals surface area (Å²) in [6.07, 6.45) is -0.147. The number of aliphatic imine (C=N–C) groups is 1. The van der Waals surface area contributed by atoms with E-state index in [0.29, 0.717) is 35.1 Å². The van der Waals surface area contributed by atoms with Crippen molar-refractivity contribution in [1.82, 2.24) is 10.6 Å². The Morgan fingerprint density at radius 1 is 1.22 bits per heavy atom. The van der Waals surface area contributed by atoms with Gasteiger partial charge in [-0.25, -0.2) is 4.39 Å². The van der Waals surface area contributed by atoms with Gasteiger partial charge in [0.05, 0.1) is 25.3 Å². The van der Waals surface area contributed by atoms with Gasteiger partial charge in [0.1, 0.15) is 11.9 Å². The van der Waals surface area contributed by atoms with Gasteiger partial charge in [0.15, 0.2) is 17.5 Å². The average Bonchev–Trinajstić information content (AvgIpc) is 2.69. The average molecular weight is 370 g/mol. The summed E-state index contributed by atoms with van der Waals surface area (Å²) in [7, 11) is 3.23. The maximum atomic E-state index is 13.9. The number of nitrogens with one attached hydrogen (secondary N) is 2. The summed E-state index contributed by atoms with van der Waals surface area (Å²) in [5.74, 6) is 1.43. The van der Waals surface area contributed by atoms with Crippen molar-refractivity contribution >= 4 is 5.96 Å². The molecule has 0 spiro atoms. The molecule has 0 radical (unpaired) electrons. The van der Waals surface area contributed by atoms with Crippen LogP contribution in [0.3, 0.4) is 0 Å². The summed E-state index contributed by atoms with van der Waals surface area (Å²) in [5.41, 5.74) is 0.747. The van der Waals surface area contributed by atoms with Crippen molar-refractivity contribution in [3.05, 3.63) is 59.4 Å². The van der Waals surface area contributed by atoms with Gasteiger partial charge in [0.25, 0.3) is 0 Å². The summed E-state index contributed by atoms with van der Waals surface area (Å²) in [6.45, 7) is 2.67. The molecule has 0 fully saturated rings. The molecule has 0 aliphatic rings. The van der Waals surface area contributed by atoms with Gasteiger partial charge in [-0.15, -0.1) is 0 Å². The van der Waals surface area contributed by atoms with Gasteiger partial charge in [0.2, 0.25) is 0 Å². The fourth-order valence-corrected chi connectivity index (χ4v) is 2.37. The molecule has 2 rings (SSSR count). The molecule has 0 amide bonds. The van der Waals surface area contributed by atoms with Crippen molar-refractivity contribution in [2.24, 2.45) is 4.99 Å². The molecule has 0 saturated carbocycles. The molecule has 2 N–H and O–H groups in total. The lowest BCUT2D eigenvalue weighted by atomic mass is 10.1. The Morgan fingerprint density at radius 3 is 2.59 bits per heavy atom. The van der Waals surface area contributed by atoms with Crippen LogP contribution in [0.25, 0.3) is 0 Å². The molecule has 1 unspecified atom stereocenters. The third-order valence-corrected chi connectivity index (χ3v) is 3.81. The van der Waals surface area contributed by atoms with Crippen molar-refractivity contribution in [3.8, 4) is 17.6 Å². The molecule has 142 valence electrons. The summed E-state index contributed by atoms with van der Waals surface area (Å²) in [5, 5.41) is 15.0. The molecular weight excluding hydrogens is 347 g/mol. The zero-order valence-corrected chi connectivity index (χ0v) is 15.6. The molecule has 0 heterocycles. The Kier molecular flexibility index (Phi) is 7.44. The predicted molar refractivity (Wildman–Crippen MR) is 102 cm³/mol. The Labute approximate surface area is 158 Å². The maximum absolute atomic E-state index is 13.9. The first-order chi connectivity index (χ1) is 13.1. The molecule has 2 aromatic carbocycles. The Bertz CT molecular complexity index is 833. The van der Waals surface area contributed by atoms with E-state index in [0.717, 1.165) is 0 Å². The monoisotopic (exact) mass is 370 g/mol. The highest BCUT2D eigenvalue weighted by molar-refractivity contribution is 5.79. The zero-order chi connectivity index (χ0) is 19.6. The van der Waals surface area contributed by atoms with Gasteiger partial charge in [-0.05, 0) is 31.2 Å². The van der Waals surface area contributed by atoms with Crippen LogP contribution < -0.4 is 20.1 Å². The SMILES string of the molecule is CN=C(NCc1ccc(C#N)cc1F)NCC(C)Oc1ccccc1OC. The second-order valence-electron chi connectivity index (χ2n) is 5.80. The summed E-state index contributed by atoms with van der Waals surface area (Å²) < 4.78 is 25.1. The van der Waals surface area contributed by atoms with E-state index in [9.17, 15) is 4.39 Å². The standard InChI is InChI=1S/C20H23FN4O2/c1-14(27-19-7-5-4-6-18(19)26-3)12-24-20(23-2)25-13-16-9-8-15(11-22)10-17(16)21/h4-10,14H,12-13H2,1-3H3,(H2,23,24,25). The first kappa shape index (κ1) is 20.0. The fourth-order valence-electron chi connectivity index (χ4n) is 2.37. The van der Waals surface area contributed by atoms with Crippen molar-refractivity contribution in [2.45, 2.75) is 19.6 Å². The van der Waals surface area contributed by atoms with Gasteiger partial charge in [-0.2, -0.15) is 5.26 Å². The number of guanidine groups is 1. The van der Waals surface area contributed by atoms with Crippen LogP contribution in [0.2, 0.25) is 0 Å². The highest BCUT2D eigenvalue weighted by atomic mass is 19.1. The molecular formula is C20H23FN4O2. The van der Waals surface area contributed by atoms with E-state index < -0.39 is 5.82 Å². The van der Waals surface area contributed by atoms with Crippen LogP contribution in [-0.4, -0.2) is 32.8 Å². The smallest absolute Gasteiger partial charge is 0.191 e. The number of ether oxygens (including phenoxy) is 2. The van der Waals surface area contributed by atoms with E-state index in [4.69, 9.17) is 14.7 Å². The largest absolute Gasteiger partial charge is 0.493 e. The fraction of sp³-hybridized carbons (Fsp3) is 0.300. The number of benzene rings is 2. The lowest BCUT2D eigenvalue weighted by Crippen LogP contribution is -2.41. The number of methoxy groups -OCH3 is 1. The lowest BCUT2D eigenvalue weighted by molar-refractivity contribution is 0.213. The predicted octanol–water partition coefficient (Wildman–Crippen LogP) is 2.84. The molecule has 6 nitrogen and oxygen atoms in total. The van der Waals surface area contributed by atoms with E-state index in [-0.39, 0.29) is 12.6 Å². The van der Waals surface area contributed by atoms with Crippen LogP contribution in [0, 0.1) is 17.1 Å². The number of hydrogen-bond acceptors (Lipinski definition) is 4. The minimum atomic E-state index is -0.426. The third-order valence-electron chi connectivity index (χ3n) is 3.81. The van der Waals surface area contributed by atoms with Crippen LogP contribution in [0.4, 0.5) is 4.39 Å². The summed E-state index contributed by atoms with van der Waals surface area (Å²) in [6, 6.07) is 13.7. The number of hydrogen-bond donors (Lipinski definition) is 2. The van der Waals surface area contributed by atoms with Crippen molar-refractivity contribution in [3.63, 3.8) is 0 Å². The number of nitrogens with zero attached hydrogens (tertiary/aromatic N) is 2. The zero-order valence-electron chi connectivity index (χ0n) is 15.6. The molecule has 2 aromatic rings. The minimum Gasteiger partial charge on any atom is -0.493 e. The molecule has 0 aromatic heterocycles.